The van der Waals surface area contributed by atoms with Crippen LogP contribution in [0.4, 0.5) is 0 Å². The van der Waals surface area contributed by atoms with Crippen LogP contribution in [0, 0.1) is 0 Å². The number of amides is 1. The van der Waals surface area contributed by atoms with Gasteiger partial charge >= 0.3 is 0 Å². The van der Waals surface area contributed by atoms with Crippen LogP contribution < -0.4 is 5.32 Å². The fourth-order valence-corrected chi connectivity index (χ4v) is 1.95. The third-order valence-corrected chi connectivity index (χ3v) is 3.05. The summed E-state index contributed by atoms with van der Waals surface area (Å²) in [5.41, 5.74) is 0. The highest BCUT2D eigenvalue weighted by atomic mass is 16.5. The second-order valence-corrected chi connectivity index (χ2v) is 4.47. The van der Waals surface area contributed by atoms with Crippen LogP contribution in [0.1, 0.15) is 32.6 Å². The summed E-state index contributed by atoms with van der Waals surface area (Å²) in [4.78, 5) is 13.7. The van der Waals surface area contributed by atoms with Crippen molar-refractivity contribution in [3.8, 4) is 0 Å². The van der Waals surface area contributed by atoms with Crippen LogP contribution in [-0.4, -0.2) is 50.2 Å². The molecule has 1 atom stereocenters. The molecule has 0 aromatic heterocycles. The molecule has 1 rings (SSSR count). The number of nitrogens with zero attached hydrogens (tertiary/aromatic N) is 1. The van der Waals surface area contributed by atoms with Crippen molar-refractivity contribution < 1.29 is 9.53 Å². The van der Waals surface area contributed by atoms with Crippen molar-refractivity contribution in [3.05, 3.63) is 0 Å². The van der Waals surface area contributed by atoms with E-state index < -0.39 is 0 Å². The average Bonchev–Trinajstić information content (AvgIpc) is 2.79. The number of carbonyl (C=O) groups is 1. The number of methoxy groups -OCH3 is 1. The molecule has 0 aromatic carbocycles. The summed E-state index contributed by atoms with van der Waals surface area (Å²) in [6.07, 6.45) is 3.96. The molecule has 1 fully saturated rings. The topological polar surface area (TPSA) is 41.6 Å². The maximum Gasteiger partial charge on any atom is 0.223 e. The molecule has 1 saturated heterocycles. The first-order valence-electron chi connectivity index (χ1n) is 6.24. The Morgan fingerprint density at radius 2 is 2.12 bits per heavy atom. The minimum absolute atomic E-state index is 0.295. The van der Waals surface area contributed by atoms with Crippen molar-refractivity contribution in [1.29, 1.82) is 0 Å². The van der Waals surface area contributed by atoms with Gasteiger partial charge in [-0.1, -0.05) is 0 Å². The molecule has 1 amide bonds. The van der Waals surface area contributed by atoms with Gasteiger partial charge in [0.25, 0.3) is 0 Å². The quantitative estimate of drug-likeness (QED) is 0.707. The van der Waals surface area contributed by atoms with Gasteiger partial charge in [-0.3, -0.25) is 4.79 Å². The van der Waals surface area contributed by atoms with E-state index in [1.165, 1.54) is 12.8 Å². The minimum atomic E-state index is 0.295. The predicted molar refractivity (Wildman–Crippen MR) is 64.4 cm³/mol. The van der Waals surface area contributed by atoms with E-state index in [-0.39, 0.29) is 0 Å². The zero-order valence-electron chi connectivity index (χ0n) is 10.5. The van der Waals surface area contributed by atoms with Crippen LogP contribution in [0.5, 0.6) is 0 Å². The van der Waals surface area contributed by atoms with Crippen LogP contribution in [0.2, 0.25) is 0 Å². The van der Waals surface area contributed by atoms with Crippen LogP contribution in [0.25, 0.3) is 0 Å². The highest BCUT2D eigenvalue weighted by Gasteiger charge is 2.17. The first-order valence-corrected chi connectivity index (χ1v) is 6.24. The molecule has 0 aromatic rings. The minimum Gasteiger partial charge on any atom is -0.385 e. The van der Waals surface area contributed by atoms with Crippen LogP contribution in [-0.2, 0) is 9.53 Å². The van der Waals surface area contributed by atoms with Gasteiger partial charge in [0, 0.05) is 45.8 Å². The Kier molecular flexibility index (Phi) is 6.42. The number of rotatable bonds is 7. The molecule has 0 radical (unpaired) electrons. The third kappa shape index (κ3) is 4.94. The Hall–Kier alpha value is -0.610. The van der Waals surface area contributed by atoms with Gasteiger partial charge in [-0.2, -0.15) is 0 Å². The maximum atomic E-state index is 11.7. The van der Waals surface area contributed by atoms with Gasteiger partial charge in [0.1, 0.15) is 0 Å². The number of nitrogens with one attached hydrogen (secondary N) is 1. The van der Waals surface area contributed by atoms with Gasteiger partial charge in [0.05, 0.1) is 0 Å². The van der Waals surface area contributed by atoms with Crippen LogP contribution in [0.3, 0.4) is 0 Å². The Labute approximate surface area is 98.3 Å². The zero-order valence-corrected chi connectivity index (χ0v) is 10.5. The summed E-state index contributed by atoms with van der Waals surface area (Å²) in [6, 6.07) is 0.423. The van der Waals surface area contributed by atoms with Crippen molar-refractivity contribution in [1.82, 2.24) is 10.2 Å². The number of likely N-dealkylation sites (tertiary alicyclic amines) is 1. The van der Waals surface area contributed by atoms with E-state index in [0.717, 1.165) is 32.7 Å². The molecule has 0 aliphatic carbocycles. The molecule has 1 N–H and O–H groups in total. The Balaban J connectivity index is 2.03. The maximum absolute atomic E-state index is 11.7. The SMILES string of the molecule is COCCC(C)NCCC(=O)N1CCCC1. The summed E-state index contributed by atoms with van der Waals surface area (Å²) in [7, 11) is 1.71. The molecule has 94 valence electrons. The van der Waals surface area contributed by atoms with Crippen molar-refractivity contribution in [2.75, 3.05) is 33.4 Å². The van der Waals surface area contributed by atoms with E-state index in [1.807, 2.05) is 4.90 Å². The van der Waals surface area contributed by atoms with Crippen molar-refractivity contribution in [3.63, 3.8) is 0 Å². The van der Waals surface area contributed by atoms with Gasteiger partial charge in [-0.15, -0.1) is 0 Å². The number of hydrogen-bond acceptors (Lipinski definition) is 3. The zero-order chi connectivity index (χ0) is 11.8. The Morgan fingerprint density at radius 1 is 1.44 bits per heavy atom. The summed E-state index contributed by atoms with van der Waals surface area (Å²) >= 11 is 0. The summed E-state index contributed by atoms with van der Waals surface area (Å²) in [6.45, 7) is 5.59. The lowest BCUT2D eigenvalue weighted by Gasteiger charge is -2.17. The molecule has 0 spiro atoms. The third-order valence-electron chi connectivity index (χ3n) is 3.05. The first kappa shape index (κ1) is 13.5. The number of hydrogen-bond donors (Lipinski definition) is 1. The van der Waals surface area contributed by atoms with Gasteiger partial charge in [0.2, 0.25) is 5.91 Å². The van der Waals surface area contributed by atoms with Gasteiger partial charge in [-0.05, 0) is 26.2 Å². The summed E-state index contributed by atoms with van der Waals surface area (Å²) < 4.78 is 5.01. The molecule has 4 heteroatoms. The van der Waals surface area contributed by atoms with E-state index in [1.54, 1.807) is 7.11 Å². The fraction of sp³-hybridized carbons (Fsp3) is 0.917. The molecule has 0 bridgehead atoms. The monoisotopic (exact) mass is 228 g/mol. The van der Waals surface area contributed by atoms with Gasteiger partial charge in [0.15, 0.2) is 0 Å². The predicted octanol–water partition coefficient (Wildman–Crippen LogP) is 1.01. The largest absolute Gasteiger partial charge is 0.385 e. The molecule has 1 heterocycles. The Morgan fingerprint density at radius 3 is 2.75 bits per heavy atom. The lowest BCUT2D eigenvalue weighted by Crippen LogP contribution is -2.34. The highest BCUT2D eigenvalue weighted by Crippen LogP contribution is 2.08. The molecule has 0 saturated carbocycles. The lowest BCUT2D eigenvalue weighted by atomic mass is 10.2. The number of carbonyl (C=O) groups excluding carboxylic acids is 1. The molecule has 1 unspecified atom stereocenters. The molecule has 1 aliphatic heterocycles. The smallest absolute Gasteiger partial charge is 0.223 e. The van der Waals surface area contributed by atoms with E-state index >= 15 is 0 Å². The molecule has 1 aliphatic rings. The summed E-state index contributed by atoms with van der Waals surface area (Å²) in [5.74, 6) is 0.295. The fourth-order valence-electron chi connectivity index (χ4n) is 1.95. The molecular weight excluding hydrogens is 204 g/mol. The van der Waals surface area contributed by atoms with Gasteiger partial charge in [-0.25, -0.2) is 0 Å². The highest BCUT2D eigenvalue weighted by molar-refractivity contribution is 5.76. The lowest BCUT2D eigenvalue weighted by molar-refractivity contribution is -0.130. The Bertz CT molecular complexity index is 203. The van der Waals surface area contributed by atoms with Crippen molar-refractivity contribution in [2.24, 2.45) is 0 Å². The second kappa shape index (κ2) is 7.63. The molecular formula is C12H24N2O2. The van der Waals surface area contributed by atoms with E-state index in [0.29, 0.717) is 18.4 Å². The standard InChI is InChI=1S/C12H24N2O2/c1-11(6-10-16-2)13-7-5-12(15)14-8-3-4-9-14/h11,13H,3-10H2,1-2H3. The van der Waals surface area contributed by atoms with E-state index in [2.05, 4.69) is 12.2 Å². The normalized spacial score (nSPS) is 17.8. The molecule has 16 heavy (non-hydrogen) atoms. The van der Waals surface area contributed by atoms with E-state index in [4.69, 9.17) is 4.74 Å². The van der Waals surface area contributed by atoms with E-state index in [9.17, 15) is 4.79 Å². The molecule has 4 nitrogen and oxygen atoms in total. The summed E-state index contributed by atoms with van der Waals surface area (Å²) in [5, 5.41) is 3.34. The second-order valence-electron chi connectivity index (χ2n) is 4.47. The van der Waals surface area contributed by atoms with Crippen molar-refractivity contribution in [2.45, 2.75) is 38.6 Å². The van der Waals surface area contributed by atoms with Gasteiger partial charge < -0.3 is 15.0 Å². The van der Waals surface area contributed by atoms with Crippen molar-refractivity contribution >= 4 is 5.91 Å². The first-order chi connectivity index (χ1) is 7.74. The average molecular weight is 228 g/mol. The van der Waals surface area contributed by atoms with Crippen LogP contribution in [0.15, 0.2) is 0 Å². The van der Waals surface area contributed by atoms with Crippen LogP contribution >= 0.6 is 0 Å². The number of ether oxygens (including phenoxy) is 1.